The first-order valence-corrected chi connectivity index (χ1v) is 11.2. The number of aryl methyl sites for hydroxylation is 1. The van der Waals surface area contributed by atoms with Gasteiger partial charge in [-0.1, -0.05) is 18.2 Å². The first-order valence-electron chi connectivity index (χ1n) is 10.4. The summed E-state index contributed by atoms with van der Waals surface area (Å²) in [6.07, 6.45) is 4.06. The molecule has 1 fully saturated rings. The fourth-order valence-electron chi connectivity index (χ4n) is 4.11. The molecule has 0 unspecified atom stereocenters. The topological polar surface area (TPSA) is 77.3 Å². The number of para-hydroxylation sites is 1. The highest BCUT2D eigenvalue weighted by Crippen LogP contribution is 2.34. The van der Waals surface area contributed by atoms with Crippen molar-refractivity contribution in [3.8, 4) is 0 Å². The largest absolute Gasteiger partial charge is 0.467 e. The van der Waals surface area contributed by atoms with Crippen LogP contribution in [0.3, 0.4) is 0 Å². The van der Waals surface area contributed by atoms with Crippen LogP contribution in [0.25, 0.3) is 16.6 Å². The molecule has 5 aromatic rings. The summed E-state index contributed by atoms with van der Waals surface area (Å²) < 4.78 is 9.67. The number of fused-ring (bicyclic) bond motifs is 3. The van der Waals surface area contributed by atoms with Crippen molar-refractivity contribution in [1.29, 1.82) is 0 Å². The van der Waals surface area contributed by atoms with Crippen molar-refractivity contribution in [3.63, 3.8) is 0 Å². The van der Waals surface area contributed by atoms with Crippen LogP contribution >= 0.6 is 11.8 Å². The van der Waals surface area contributed by atoms with E-state index in [1.807, 2.05) is 41.8 Å². The van der Waals surface area contributed by atoms with Crippen molar-refractivity contribution >= 4 is 34.3 Å². The van der Waals surface area contributed by atoms with Gasteiger partial charge in [-0.05, 0) is 49.7 Å². The number of benzene rings is 1. The lowest BCUT2D eigenvalue weighted by Crippen LogP contribution is -2.22. The van der Waals surface area contributed by atoms with Crippen LogP contribution in [0, 0.1) is 6.92 Å². The molecule has 8 nitrogen and oxygen atoms in total. The molecular weight excluding hydrogens is 410 g/mol. The van der Waals surface area contributed by atoms with Gasteiger partial charge in [0, 0.05) is 24.5 Å². The summed E-state index contributed by atoms with van der Waals surface area (Å²) in [7, 11) is 0. The van der Waals surface area contributed by atoms with Gasteiger partial charge in [0.15, 0.2) is 10.8 Å². The van der Waals surface area contributed by atoms with Crippen molar-refractivity contribution in [2.24, 2.45) is 0 Å². The molecule has 6 rings (SSSR count). The van der Waals surface area contributed by atoms with E-state index in [-0.39, 0.29) is 0 Å². The lowest BCUT2D eigenvalue weighted by Gasteiger charge is -2.17. The first kappa shape index (κ1) is 18.4. The predicted molar refractivity (Wildman–Crippen MR) is 119 cm³/mol. The minimum Gasteiger partial charge on any atom is -0.467 e. The maximum absolute atomic E-state index is 5.63. The second-order valence-electron chi connectivity index (χ2n) is 7.73. The molecule has 1 aliphatic heterocycles. The first-order chi connectivity index (χ1) is 15.3. The minimum absolute atomic E-state index is 0.583. The zero-order valence-electron chi connectivity index (χ0n) is 17.1. The third-order valence-electron chi connectivity index (χ3n) is 5.56. The number of hydrogen-bond acceptors (Lipinski definition) is 7. The molecule has 5 heterocycles. The normalized spacial score (nSPS) is 14.3. The van der Waals surface area contributed by atoms with Gasteiger partial charge in [-0.25, -0.2) is 9.50 Å². The Labute approximate surface area is 182 Å². The molecule has 1 saturated heterocycles. The average Bonchev–Trinajstić information content (AvgIpc) is 3.56. The Morgan fingerprint density at radius 1 is 1.06 bits per heavy atom. The zero-order chi connectivity index (χ0) is 20.8. The van der Waals surface area contributed by atoms with Crippen LogP contribution in [0.15, 0.2) is 63.3 Å². The molecular formula is C22H21N7OS. The third kappa shape index (κ3) is 3.25. The molecule has 0 atom stereocenters. The molecule has 1 aliphatic rings. The number of hydrogen-bond donors (Lipinski definition) is 0. The van der Waals surface area contributed by atoms with Gasteiger partial charge in [-0.2, -0.15) is 5.10 Å². The van der Waals surface area contributed by atoms with Crippen LogP contribution in [0.2, 0.25) is 0 Å². The summed E-state index contributed by atoms with van der Waals surface area (Å²) >= 11 is 1.54. The van der Waals surface area contributed by atoms with Gasteiger partial charge >= 0.3 is 0 Å². The van der Waals surface area contributed by atoms with E-state index in [9.17, 15) is 0 Å². The summed E-state index contributed by atoms with van der Waals surface area (Å²) in [6, 6.07) is 14.1. The third-order valence-corrected chi connectivity index (χ3v) is 6.55. The van der Waals surface area contributed by atoms with Crippen molar-refractivity contribution in [3.05, 3.63) is 60.2 Å². The van der Waals surface area contributed by atoms with Gasteiger partial charge < -0.3 is 9.32 Å². The van der Waals surface area contributed by atoms with Gasteiger partial charge in [-0.15, -0.1) is 10.2 Å². The van der Waals surface area contributed by atoms with Gasteiger partial charge in [0.2, 0.25) is 5.95 Å². The molecule has 9 heteroatoms. The molecule has 4 aromatic heterocycles. The molecule has 0 spiro atoms. The summed E-state index contributed by atoms with van der Waals surface area (Å²) in [5.41, 5.74) is 2.80. The van der Waals surface area contributed by atoms with Gasteiger partial charge in [0.05, 0.1) is 24.0 Å². The molecule has 0 N–H and O–H groups in total. The Bertz CT molecular complexity index is 1370. The summed E-state index contributed by atoms with van der Waals surface area (Å²) in [6.45, 7) is 4.57. The smallest absolute Gasteiger partial charge is 0.228 e. The summed E-state index contributed by atoms with van der Waals surface area (Å²) in [5, 5.41) is 16.5. The Hall–Kier alpha value is -3.33. The second-order valence-corrected chi connectivity index (χ2v) is 8.69. The van der Waals surface area contributed by atoms with E-state index >= 15 is 0 Å². The van der Waals surface area contributed by atoms with Gasteiger partial charge in [-0.3, -0.25) is 4.57 Å². The minimum atomic E-state index is 0.583. The lowest BCUT2D eigenvalue weighted by molar-refractivity contribution is 0.483. The fraction of sp³-hybridized carbons (Fsp3) is 0.273. The Morgan fingerprint density at radius 3 is 2.77 bits per heavy atom. The van der Waals surface area contributed by atoms with E-state index in [0.29, 0.717) is 6.54 Å². The molecule has 0 bridgehead atoms. The van der Waals surface area contributed by atoms with Crippen LogP contribution in [-0.2, 0) is 6.54 Å². The van der Waals surface area contributed by atoms with Crippen molar-refractivity contribution in [2.75, 3.05) is 18.0 Å². The van der Waals surface area contributed by atoms with E-state index in [4.69, 9.17) is 9.40 Å². The van der Waals surface area contributed by atoms with E-state index in [0.717, 1.165) is 57.2 Å². The quantitative estimate of drug-likeness (QED) is 0.386. The summed E-state index contributed by atoms with van der Waals surface area (Å²) in [5.74, 6) is 1.77. The maximum atomic E-state index is 5.63. The van der Waals surface area contributed by atoms with E-state index in [2.05, 4.69) is 36.9 Å². The molecule has 0 radical (unpaired) electrons. The Morgan fingerprint density at radius 2 is 1.94 bits per heavy atom. The number of aromatic nitrogens is 6. The molecule has 0 aliphatic carbocycles. The zero-order valence-corrected chi connectivity index (χ0v) is 17.9. The molecule has 0 saturated carbocycles. The van der Waals surface area contributed by atoms with Crippen LogP contribution < -0.4 is 4.90 Å². The Kier molecular flexibility index (Phi) is 4.41. The number of anilines is 1. The number of nitrogens with zero attached hydrogens (tertiary/aromatic N) is 7. The molecule has 31 heavy (non-hydrogen) atoms. The van der Waals surface area contributed by atoms with Gasteiger partial charge in [0.1, 0.15) is 10.8 Å². The lowest BCUT2D eigenvalue weighted by atomic mass is 10.2. The number of rotatable bonds is 5. The Balaban J connectivity index is 1.47. The van der Waals surface area contributed by atoms with Crippen LogP contribution in [-0.4, -0.2) is 42.5 Å². The van der Waals surface area contributed by atoms with E-state index in [1.54, 1.807) is 6.26 Å². The highest BCUT2D eigenvalue weighted by atomic mass is 32.2. The highest BCUT2D eigenvalue weighted by molar-refractivity contribution is 7.99. The van der Waals surface area contributed by atoms with Crippen LogP contribution in [0.1, 0.15) is 24.3 Å². The predicted octanol–water partition coefficient (Wildman–Crippen LogP) is 4.18. The van der Waals surface area contributed by atoms with Crippen LogP contribution in [0.4, 0.5) is 5.95 Å². The SMILES string of the molecule is Cc1cc2nc(Sc3nnc(N4CCCC4)n3Cc3ccco3)c3ccccc3n2n1. The van der Waals surface area contributed by atoms with Crippen molar-refractivity contribution < 1.29 is 4.42 Å². The van der Waals surface area contributed by atoms with E-state index in [1.165, 1.54) is 24.6 Å². The number of furan rings is 1. The van der Waals surface area contributed by atoms with Crippen LogP contribution in [0.5, 0.6) is 0 Å². The van der Waals surface area contributed by atoms with Gasteiger partial charge in [0.25, 0.3) is 0 Å². The molecule has 156 valence electrons. The molecule has 1 aromatic carbocycles. The standard InChI is InChI=1S/C22H21N7OS/c1-15-13-19-23-20(17-8-2-3-9-18(17)29(19)26-15)31-22-25-24-21(27-10-4-5-11-27)28(22)14-16-7-6-12-30-16/h2-3,6-9,12-13H,4-5,10-11,14H2,1H3. The van der Waals surface area contributed by atoms with Crippen molar-refractivity contribution in [1.82, 2.24) is 29.4 Å². The van der Waals surface area contributed by atoms with Crippen molar-refractivity contribution in [2.45, 2.75) is 36.5 Å². The fourth-order valence-corrected chi connectivity index (χ4v) is 5.05. The monoisotopic (exact) mass is 431 g/mol. The average molecular weight is 432 g/mol. The second kappa shape index (κ2) is 7.42. The highest BCUT2D eigenvalue weighted by Gasteiger charge is 2.23. The van der Waals surface area contributed by atoms with E-state index < -0.39 is 0 Å². The summed E-state index contributed by atoms with van der Waals surface area (Å²) in [4.78, 5) is 7.21. The maximum Gasteiger partial charge on any atom is 0.228 e. The molecule has 0 amide bonds.